The number of aromatic nitrogens is 4. The van der Waals surface area contributed by atoms with E-state index >= 15 is 0 Å². The van der Waals surface area contributed by atoms with E-state index in [4.69, 9.17) is 19.8 Å². The van der Waals surface area contributed by atoms with Gasteiger partial charge in [-0.2, -0.15) is 10.1 Å². The average Bonchev–Trinajstić information content (AvgIpc) is 3.32. The van der Waals surface area contributed by atoms with Crippen molar-refractivity contribution in [3.63, 3.8) is 0 Å². The lowest BCUT2D eigenvalue weighted by molar-refractivity contribution is -0.127. The average molecular weight is 551 g/mol. The maximum Gasteiger partial charge on any atom is 0.252 e. The summed E-state index contributed by atoms with van der Waals surface area (Å²) in [4.78, 5) is 26.9. The first kappa shape index (κ1) is 29.5. The number of carbonyl (C=O) groups is 1. The van der Waals surface area contributed by atoms with E-state index in [1.807, 2.05) is 0 Å². The minimum Gasteiger partial charge on any atom is -0.383 e. The SMILES string of the molecule is CCCC(F)(F)CCC(NC)c1cn2nc(CC3CC(C)CNC3=O)c(N3CCN(CCOC)CC3)nc2n1. The molecule has 2 N–H and O–H groups in total. The second-order valence-corrected chi connectivity index (χ2v) is 11.1. The Morgan fingerprint density at radius 3 is 2.69 bits per heavy atom. The summed E-state index contributed by atoms with van der Waals surface area (Å²) in [7, 11) is 3.47. The Kier molecular flexibility index (Phi) is 10.1. The molecule has 0 bridgehead atoms. The van der Waals surface area contributed by atoms with Crippen LogP contribution in [0.1, 0.15) is 63.4 Å². The highest BCUT2D eigenvalue weighted by molar-refractivity contribution is 5.79. The molecule has 2 aromatic heterocycles. The number of rotatable bonds is 13. The smallest absolute Gasteiger partial charge is 0.252 e. The number of nitrogens with zero attached hydrogens (tertiary/aromatic N) is 6. The Morgan fingerprint density at radius 2 is 2.00 bits per heavy atom. The molecule has 0 aliphatic carbocycles. The van der Waals surface area contributed by atoms with E-state index in [1.165, 1.54) is 0 Å². The fraction of sp³-hybridized carbons (Fsp3) is 0.778. The Hall–Kier alpha value is -2.44. The topological polar surface area (TPSA) is 99.9 Å². The van der Waals surface area contributed by atoms with Gasteiger partial charge in [0, 0.05) is 71.6 Å². The van der Waals surface area contributed by atoms with Crippen LogP contribution in [0, 0.1) is 11.8 Å². The lowest BCUT2D eigenvalue weighted by atomic mass is 9.88. The largest absolute Gasteiger partial charge is 0.383 e. The molecule has 2 aromatic rings. The number of ether oxygens (including phenoxy) is 1. The molecule has 1 amide bonds. The van der Waals surface area contributed by atoms with Crippen molar-refractivity contribution in [3.05, 3.63) is 17.6 Å². The summed E-state index contributed by atoms with van der Waals surface area (Å²) < 4.78 is 35.3. The number of methoxy groups -OCH3 is 1. The summed E-state index contributed by atoms with van der Waals surface area (Å²) >= 11 is 0. The first-order valence-electron chi connectivity index (χ1n) is 14.3. The Morgan fingerprint density at radius 1 is 1.23 bits per heavy atom. The van der Waals surface area contributed by atoms with Gasteiger partial charge in [0.2, 0.25) is 11.8 Å². The van der Waals surface area contributed by atoms with Crippen LogP contribution in [-0.2, 0) is 16.0 Å². The second kappa shape index (κ2) is 13.3. The van der Waals surface area contributed by atoms with E-state index in [1.54, 1.807) is 31.8 Å². The van der Waals surface area contributed by atoms with Crippen molar-refractivity contribution >= 4 is 17.5 Å². The summed E-state index contributed by atoms with van der Waals surface area (Å²) in [5.74, 6) is -1.21. The highest BCUT2D eigenvalue weighted by Crippen LogP contribution is 2.31. The lowest BCUT2D eigenvalue weighted by Gasteiger charge is -2.36. The normalized spacial score (nSPS) is 21.9. The van der Waals surface area contributed by atoms with Crippen molar-refractivity contribution in [1.29, 1.82) is 0 Å². The van der Waals surface area contributed by atoms with Crippen LogP contribution in [0.2, 0.25) is 0 Å². The first-order valence-corrected chi connectivity index (χ1v) is 14.3. The molecule has 2 fully saturated rings. The van der Waals surface area contributed by atoms with Gasteiger partial charge in [0.05, 0.1) is 24.5 Å². The van der Waals surface area contributed by atoms with Crippen LogP contribution >= 0.6 is 0 Å². The van der Waals surface area contributed by atoms with Crippen LogP contribution in [0.25, 0.3) is 5.78 Å². The van der Waals surface area contributed by atoms with Crippen LogP contribution in [0.4, 0.5) is 14.6 Å². The summed E-state index contributed by atoms with van der Waals surface area (Å²) in [5, 5.41) is 11.1. The fourth-order valence-electron chi connectivity index (χ4n) is 5.61. The predicted molar refractivity (Wildman–Crippen MR) is 146 cm³/mol. The molecule has 10 nitrogen and oxygen atoms in total. The molecule has 0 saturated carbocycles. The van der Waals surface area contributed by atoms with Crippen molar-refractivity contribution < 1.29 is 18.3 Å². The number of hydrogen-bond donors (Lipinski definition) is 2. The predicted octanol–water partition coefficient (Wildman–Crippen LogP) is 2.68. The van der Waals surface area contributed by atoms with Crippen molar-refractivity contribution in [2.45, 2.75) is 64.3 Å². The Labute approximate surface area is 229 Å². The zero-order valence-electron chi connectivity index (χ0n) is 23.8. The summed E-state index contributed by atoms with van der Waals surface area (Å²) in [6.07, 6.45) is 3.46. The van der Waals surface area contributed by atoms with Gasteiger partial charge < -0.3 is 20.3 Å². The molecule has 39 heavy (non-hydrogen) atoms. The van der Waals surface area contributed by atoms with Crippen molar-refractivity contribution in [2.24, 2.45) is 11.8 Å². The van der Waals surface area contributed by atoms with E-state index in [0.29, 0.717) is 43.4 Å². The Balaban J connectivity index is 1.60. The van der Waals surface area contributed by atoms with Crippen molar-refractivity contribution in [2.75, 3.05) is 64.9 Å². The second-order valence-electron chi connectivity index (χ2n) is 11.1. The molecule has 4 heterocycles. The van der Waals surface area contributed by atoms with E-state index in [0.717, 1.165) is 50.7 Å². The third kappa shape index (κ3) is 7.61. The van der Waals surface area contributed by atoms with Gasteiger partial charge in [-0.1, -0.05) is 20.3 Å². The number of hydrogen-bond acceptors (Lipinski definition) is 8. The molecule has 2 aliphatic heterocycles. The van der Waals surface area contributed by atoms with Crippen LogP contribution in [0.5, 0.6) is 0 Å². The van der Waals surface area contributed by atoms with Gasteiger partial charge in [0.25, 0.3) is 5.78 Å². The number of nitrogens with one attached hydrogen (secondary N) is 2. The monoisotopic (exact) mass is 550 g/mol. The maximum atomic E-state index is 14.2. The van der Waals surface area contributed by atoms with Crippen LogP contribution in [0.15, 0.2) is 6.20 Å². The zero-order valence-corrected chi connectivity index (χ0v) is 23.8. The summed E-state index contributed by atoms with van der Waals surface area (Å²) in [6.45, 7) is 9.52. The molecule has 4 rings (SSSR count). The number of piperazine rings is 1. The molecular formula is C27H44F2N8O2. The van der Waals surface area contributed by atoms with E-state index in [-0.39, 0.29) is 37.1 Å². The van der Waals surface area contributed by atoms with Gasteiger partial charge in [-0.3, -0.25) is 9.69 Å². The maximum absolute atomic E-state index is 14.2. The van der Waals surface area contributed by atoms with Crippen LogP contribution in [0.3, 0.4) is 0 Å². The molecule has 0 radical (unpaired) electrons. The molecule has 2 saturated heterocycles. The van der Waals surface area contributed by atoms with E-state index < -0.39 is 5.92 Å². The van der Waals surface area contributed by atoms with Crippen molar-refractivity contribution in [1.82, 2.24) is 35.1 Å². The zero-order chi connectivity index (χ0) is 28.0. The number of halogens is 2. The number of imidazole rings is 1. The van der Waals surface area contributed by atoms with E-state index in [9.17, 15) is 13.6 Å². The molecule has 3 unspecified atom stereocenters. The van der Waals surface area contributed by atoms with Gasteiger partial charge in [-0.15, -0.1) is 0 Å². The molecule has 218 valence electrons. The summed E-state index contributed by atoms with van der Waals surface area (Å²) in [5.41, 5.74) is 1.41. The molecule has 0 aromatic carbocycles. The minimum atomic E-state index is -2.69. The van der Waals surface area contributed by atoms with Crippen LogP contribution < -0.4 is 15.5 Å². The van der Waals surface area contributed by atoms with Gasteiger partial charge in [-0.05, 0) is 25.8 Å². The quantitative estimate of drug-likeness (QED) is 0.393. The molecule has 2 aliphatic rings. The number of amides is 1. The number of carbonyl (C=O) groups excluding carboxylic acids is 1. The number of alkyl halides is 2. The fourth-order valence-corrected chi connectivity index (χ4v) is 5.61. The van der Waals surface area contributed by atoms with E-state index in [2.05, 4.69) is 27.4 Å². The van der Waals surface area contributed by atoms with Crippen molar-refractivity contribution in [3.8, 4) is 0 Å². The lowest BCUT2D eigenvalue weighted by Crippen LogP contribution is -2.48. The number of piperidine rings is 1. The number of fused-ring (bicyclic) bond motifs is 1. The van der Waals surface area contributed by atoms with Crippen LogP contribution in [-0.4, -0.2) is 96.3 Å². The highest BCUT2D eigenvalue weighted by atomic mass is 19.3. The Bertz CT molecular complexity index is 1090. The molecule has 0 spiro atoms. The highest BCUT2D eigenvalue weighted by Gasteiger charge is 2.32. The van der Waals surface area contributed by atoms with Gasteiger partial charge in [-0.25, -0.2) is 18.3 Å². The molecule has 3 atom stereocenters. The minimum absolute atomic E-state index is 0.0555. The van der Waals surface area contributed by atoms with Gasteiger partial charge in [0.1, 0.15) is 5.69 Å². The summed E-state index contributed by atoms with van der Waals surface area (Å²) in [6, 6.07) is -0.336. The van der Waals surface area contributed by atoms with Gasteiger partial charge in [0.15, 0.2) is 5.82 Å². The standard InChI is InChI=1S/C27H44F2N8O2/c1-5-7-27(28,29)8-6-21(30-3)23-18-37-26(32-23)33-24(36-11-9-35(10-12-36)13-14-39-4)22(34-37)16-20-15-19(2)17-31-25(20)38/h18-21,30H,5-17H2,1-4H3,(H,31,38). The third-order valence-electron chi connectivity index (χ3n) is 7.91. The number of anilines is 1. The third-order valence-corrected chi connectivity index (χ3v) is 7.91. The molecular weight excluding hydrogens is 506 g/mol. The molecule has 12 heteroatoms. The first-order chi connectivity index (χ1) is 18.7. The van der Waals surface area contributed by atoms with Gasteiger partial charge >= 0.3 is 0 Å².